The number of hydrogen-bond donors (Lipinski definition) is 14. The number of fused-ring (bicyclic) bond motifs is 17. The minimum absolute atomic E-state index is 0. The molecule has 14 bridgehead atoms. The van der Waals surface area contributed by atoms with Crippen molar-refractivity contribution in [2.75, 3.05) is 103 Å². The standard InChI is InChI=1S/C36H60N4O2.C35H50N4O2.C33H52N4O2.6CH3.6Ni/c1-33(2,3)29-13-25-17-37-21-35(7,8)22-38-18-26-14-30(34(4,5)6)16-28(32(26)42)20-40(12)24-36(9,10)23-39(11)19-27(15-29)31(25)41;1-33(2,3)27-13-23-17-36-21-35(7,8)22-37-18-24-14-28(34(4,5)6)16-26(32(24)41)20-39-30-12-10-9-11-29(30)38-19-25(15-27)31(23)40;1-31(2,3)27-13-23-17-34-21-33(7,8)22-35-18-24-14-28(32(4,5)6)16-26(30(24)39)20-37-11-9-36(10-12-37)19-25(15-27)29(23)38;;;;;;;;;;;;/h13-16,37-38,41-42H,17-24H2,1-12H3;9-16,36-41H,17-22H2,1-8H3;13-16,34-35,38-39H,9-12,17-22H2,1-8H3;6*1H3;;;;;;/q;;;6*-1;6*+3. The fourth-order valence-corrected chi connectivity index (χ4v) is 17.1. The third-order valence-corrected chi connectivity index (χ3v) is 24.7. The number of para-hydroxylation sites is 2. The first-order valence-electron chi connectivity index (χ1n) is 45.2. The zero-order valence-electron chi connectivity index (χ0n) is 88.6. The summed E-state index contributed by atoms with van der Waals surface area (Å²) in [5.74, 6) is 2.36. The van der Waals surface area contributed by atoms with Crippen LogP contribution in [0.3, 0.4) is 0 Å². The molecule has 0 aromatic heterocycles. The molecule has 5 aliphatic heterocycles. The van der Waals surface area contributed by atoms with E-state index in [2.05, 4.69) is 329 Å². The number of hydrogen-bond acceptors (Lipinski definition) is 18. The summed E-state index contributed by atoms with van der Waals surface area (Å²) in [6, 6.07) is 34.1. The van der Waals surface area contributed by atoms with Gasteiger partial charge in [-0.15, -0.1) is 0 Å². The van der Waals surface area contributed by atoms with Gasteiger partial charge in [0, 0.05) is 224 Å². The van der Waals surface area contributed by atoms with Crippen LogP contribution in [0.15, 0.2) is 97.1 Å². The second kappa shape index (κ2) is 55.8. The van der Waals surface area contributed by atoms with Gasteiger partial charge in [0.2, 0.25) is 0 Å². The van der Waals surface area contributed by atoms with Crippen LogP contribution >= 0.6 is 0 Å². The Kier molecular flexibility index (Phi) is 56.5. The van der Waals surface area contributed by atoms with E-state index in [4.69, 9.17) is 0 Å². The first-order chi connectivity index (χ1) is 56.4. The second-order valence-electron chi connectivity index (χ2n) is 45.8. The topological polar surface area (TPSA) is 231 Å². The van der Waals surface area contributed by atoms with E-state index >= 15 is 0 Å². The third kappa shape index (κ3) is 39.8. The summed E-state index contributed by atoms with van der Waals surface area (Å²) in [4.78, 5) is 9.56. The van der Waals surface area contributed by atoms with Crippen LogP contribution in [0.25, 0.3) is 0 Å². The van der Waals surface area contributed by atoms with E-state index in [0.717, 1.165) is 170 Å². The Morgan fingerprint density at radius 3 is 0.597 bits per heavy atom. The Hall–Kier alpha value is -4.50. The van der Waals surface area contributed by atoms with Crippen molar-refractivity contribution in [3.8, 4) is 34.5 Å². The molecule has 24 heteroatoms. The molecule has 0 atom stereocenters. The molecular weight excluding hydrogens is 1940 g/mol. The van der Waals surface area contributed by atoms with E-state index in [1.54, 1.807) is 0 Å². The maximum absolute atomic E-state index is 11.4. The van der Waals surface area contributed by atoms with E-state index in [1.807, 2.05) is 24.3 Å². The normalized spacial score (nSPS) is 18.2. The Bertz CT molecular complexity index is 4420. The van der Waals surface area contributed by atoms with Gasteiger partial charge in [-0.25, -0.2) is 0 Å². The van der Waals surface area contributed by atoms with Crippen molar-refractivity contribution in [1.82, 2.24) is 51.5 Å². The van der Waals surface area contributed by atoms with Gasteiger partial charge in [-0.2, -0.15) is 0 Å². The molecule has 0 unspecified atom stereocenters. The molecule has 7 aromatic rings. The molecule has 18 nitrogen and oxygen atoms in total. The number of anilines is 2. The van der Waals surface area contributed by atoms with Crippen LogP contribution in [0.1, 0.15) is 280 Å². The fraction of sp³-hybridized carbons (Fsp3) is 0.564. The number of piperazine rings is 1. The average Bonchev–Trinajstić information content (AvgIpc) is 0.872. The number of rotatable bonds is 0. The van der Waals surface area contributed by atoms with E-state index in [-0.39, 0.29) is 198 Å². The number of benzene rings is 7. The van der Waals surface area contributed by atoms with Gasteiger partial charge in [0.15, 0.2) is 0 Å². The molecule has 0 aliphatic carbocycles. The third-order valence-electron chi connectivity index (χ3n) is 24.7. The zero-order chi connectivity index (χ0) is 90.3. The molecule has 7 aromatic carbocycles. The molecular formula is C110H180N12Ni6O6+12. The van der Waals surface area contributed by atoms with Crippen LogP contribution in [0.4, 0.5) is 11.4 Å². The minimum Gasteiger partial charge on any atom is -0.507 e. The van der Waals surface area contributed by atoms with Gasteiger partial charge in [-0.3, -0.25) is 9.80 Å². The quantitative estimate of drug-likeness (QED) is 0.0500. The molecule has 5 aliphatic rings. The molecule has 1 fully saturated rings. The van der Waals surface area contributed by atoms with Gasteiger partial charge >= 0.3 is 98.9 Å². The van der Waals surface area contributed by atoms with Gasteiger partial charge < -0.3 is 128 Å². The molecule has 0 saturated carbocycles. The van der Waals surface area contributed by atoms with Gasteiger partial charge in [-0.05, 0) is 126 Å². The molecule has 6 radical (unpaired) electrons. The Morgan fingerprint density at radius 1 is 0.246 bits per heavy atom. The van der Waals surface area contributed by atoms with Crippen molar-refractivity contribution in [2.24, 2.45) is 21.7 Å². The van der Waals surface area contributed by atoms with Crippen LogP contribution in [0, 0.1) is 66.2 Å². The number of nitrogens with zero attached hydrogens (tertiary/aromatic N) is 4. The summed E-state index contributed by atoms with van der Waals surface area (Å²) < 4.78 is 0. The number of aromatic hydroxyl groups is 6. The largest absolute Gasteiger partial charge is 3.00 e. The number of nitrogens with one attached hydrogen (secondary N) is 8. The predicted molar refractivity (Wildman–Crippen MR) is 549 cm³/mol. The molecule has 0 spiro atoms. The first kappa shape index (κ1) is 136. The molecule has 0 amide bonds. The summed E-state index contributed by atoms with van der Waals surface area (Å²) in [5, 5.41) is 96.9. The molecule has 1 saturated heterocycles. The van der Waals surface area contributed by atoms with Crippen molar-refractivity contribution in [1.29, 1.82) is 0 Å². The Labute approximate surface area is 877 Å². The van der Waals surface area contributed by atoms with E-state index in [9.17, 15) is 30.6 Å². The summed E-state index contributed by atoms with van der Waals surface area (Å²) in [7, 11) is 4.30. The molecule has 14 N–H and O–H groups in total. The molecule has 12 rings (SSSR count). The molecule has 134 heavy (non-hydrogen) atoms. The average molecular weight is 2120 g/mol. The summed E-state index contributed by atoms with van der Waals surface area (Å²) in [5.41, 5.74) is 20.6. The minimum atomic E-state index is -0.0449. The monoisotopic (exact) mass is 2110 g/mol. The predicted octanol–water partition coefficient (Wildman–Crippen LogP) is 21.6. The van der Waals surface area contributed by atoms with Gasteiger partial charge in [0.1, 0.15) is 34.5 Å². The number of phenols is 6. The van der Waals surface area contributed by atoms with Crippen molar-refractivity contribution in [3.05, 3.63) is 242 Å². The van der Waals surface area contributed by atoms with Crippen molar-refractivity contribution in [3.63, 3.8) is 0 Å². The van der Waals surface area contributed by atoms with Gasteiger partial charge in [0.25, 0.3) is 0 Å². The van der Waals surface area contributed by atoms with E-state index < -0.39 is 0 Å². The SMILES string of the molecule is CC1(C)CNCc2cc(C(C)(C)C)cc(c2O)CN2CCN(CC2)Cc2cc(C(C)(C)C)cc(c2O)CNC1.CC1(C)CNCc2cc(C(C)(C)C)cc(c2O)CNc2ccccc2NCc2cc(C(C)(C)C)cc(c2O)CNC1.CN1Cc2cc(C(C)(C)C)cc(c2O)CNCC(C)(C)CNCc2cc(C(C)(C)C)cc(c2O)CN(C)CC(C)(C)C1.[CH3-].[CH3-].[CH3-].[CH3-].[CH3-].[CH3-].[Ni+3].[Ni+3].[Ni+3].[Ni+3].[Ni+3].[Ni+3]. The summed E-state index contributed by atoms with van der Waals surface area (Å²) in [6.45, 7) is 76.0. The summed E-state index contributed by atoms with van der Waals surface area (Å²) >= 11 is 0. The van der Waals surface area contributed by atoms with Crippen LogP contribution in [-0.4, -0.2) is 143 Å². The van der Waals surface area contributed by atoms with Crippen LogP contribution < -0.4 is 42.5 Å². The van der Waals surface area contributed by atoms with Crippen LogP contribution in [-0.2, 0) is 210 Å². The van der Waals surface area contributed by atoms with E-state index in [0.29, 0.717) is 99.9 Å². The fourth-order valence-electron chi connectivity index (χ4n) is 17.1. The smallest absolute Gasteiger partial charge is 0.507 e. The van der Waals surface area contributed by atoms with Crippen LogP contribution in [0.2, 0.25) is 0 Å². The van der Waals surface area contributed by atoms with Crippen molar-refractivity contribution < 1.29 is 130 Å². The van der Waals surface area contributed by atoms with Gasteiger partial charge in [0.05, 0.1) is 11.4 Å². The zero-order valence-corrected chi connectivity index (χ0v) is 94.5. The van der Waals surface area contributed by atoms with Gasteiger partial charge in [-0.1, -0.05) is 253 Å². The van der Waals surface area contributed by atoms with Crippen molar-refractivity contribution >= 4 is 11.4 Å². The maximum Gasteiger partial charge on any atom is 3.00 e. The van der Waals surface area contributed by atoms with Crippen LogP contribution in [0.5, 0.6) is 34.5 Å². The van der Waals surface area contributed by atoms with Crippen molar-refractivity contribution in [2.45, 2.75) is 291 Å². The molecule has 764 valence electrons. The molecule has 5 heterocycles. The summed E-state index contributed by atoms with van der Waals surface area (Å²) in [6.07, 6.45) is 0. The number of phenolic OH excluding ortho intramolecular Hbond substituents is 6. The Morgan fingerprint density at radius 2 is 0.410 bits per heavy atom. The maximum atomic E-state index is 11.4. The first-order valence-corrected chi connectivity index (χ1v) is 45.2. The Balaban J connectivity index is -0.000000906. The second-order valence-corrected chi connectivity index (χ2v) is 45.8. The van der Waals surface area contributed by atoms with E-state index in [1.165, 1.54) is 33.4 Å².